The van der Waals surface area contributed by atoms with E-state index >= 15 is 0 Å². The second kappa shape index (κ2) is 5.55. The van der Waals surface area contributed by atoms with Crippen molar-refractivity contribution in [3.63, 3.8) is 0 Å². The maximum Gasteiger partial charge on any atom is 0.121 e. The fraction of sp³-hybridized carbons (Fsp3) is 0.538. The maximum absolute atomic E-state index is 5.89. The van der Waals surface area contributed by atoms with E-state index in [-0.39, 0.29) is 6.10 Å². The quantitative estimate of drug-likeness (QED) is 0.852. The number of hydrogen-bond acceptors (Lipinski definition) is 2. The highest BCUT2D eigenvalue weighted by molar-refractivity contribution is 6.30. The summed E-state index contributed by atoms with van der Waals surface area (Å²) in [6.07, 6.45) is 4.16. The largest absolute Gasteiger partial charge is 0.489 e. The van der Waals surface area contributed by atoms with E-state index in [0.717, 1.165) is 17.3 Å². The van der Waals surface area contributed by atoms with Crippen LogP contribution in [0.25, 0.3) is 0 Å². The smallest absolute Gasteiger partial charge is 0.121 e. The highest BCUT2D eigenvalue weighted by atomic mass is 35.5. The van der Waals surface area contributed by atoms with Crippen LogP contribution in [0.15, 0.2) is 24.3 Å². The van der Waals surface area contributed by atoms with Crippen molar-refractivity contribution in [2.75, 3.05) is 6.54 Å². The first-order valence-electron chi connectivity index (χ1n) is 5.89. The van der Waals surface area contributed by atoms with Crippen molar-refractivity contribution in [3.8, 4) is 5.75 Å². The molecule has 0 heterocycles. The Balaban J connectivity index is 1.75. The molecule has 1 aromatic carbocycles. The summed E-state index contributed by atoms with van der Waals surface area (Å²) >= 11 is 5.89. The van der Waals surface area contributed by atoms with Crippen molar-refractivity contribution in [1.82, 2.24) is 5.32 Å². The lowest BCUT2D eigenvalue weighted by atomic mass is 9.93. The van der Waals surface area contributed by atoms with Gasteiger partial charge in [-0.2, -0.15) is 0 Å². The Morgan fingerprint density at radius 1 is 1.50 bits per heavy atom. The second-order valence-corrected chi connectivity index (χ2v) is 4.86. The molecule has 1 unspecified atom stereocenters. The number of halogens is 1. The van der Waals surface area contributed by atoms with Crippen LogP contribution in [0.4, 0.5) is 0 Å². The van der Waals surface area contributed by atoms with Gasteiger partial charge in [0, 0.05) is 17.6 Å². The first-order chi connectivity index (χ1) is 7.74. The third kappa shape index (κ3) is 3.39. The van der Waals surface area contributed by atoms with Gasteiger partial charge in [0.2, 0.25) is 0 Å². The molecule has 16 heavy (non-hydrogen) atoms. The van der Waals surface area contributed by atoms with Crippen LogP contribution in [-0.4, -0.2) is 18.7 Å². The number of nitrogens with one attached hydrogen (secondary N) is 1. The topological polar surface area (TPSA) is 21.3 Å². The fourth-order valence-corrected chi connectivity index (χ4v) is 1.94. The molecule has 0 aromatic heterocycles. The number of rotatable bonds is 5. The third-order valence-corrected chi connectivity index (χ3v) is 3.17. The molecule has 1 aliphatic rings. The summed E-state index contributed by atoms with van der Waals surface area (Å²) < 4.78 is 5.77. The van der Waals surface area contributed by atoms with E-state index in [0.29, 0.717) is 6.04 Å². The third-order valence-electron chi connectivity index (χ3n) is 2.93. The van der Waals surface area contributed by atoms with Gasteiger partial charge in [-0.3, -0.25) is 0 Å². The summed E-state index contributed by atoms with van der Waals surface area (Å²) in [5.74, 6) is 0.843. The molecule has 0 bridgehead atoms. The van der Waals surface area contributed by atoms with E-state index in [2.05, 4.69) is 12.2 Å². The predicted molar refractivity (Wildman–Crippen MR) is 67.2 cm³/mol. The molecule has 0 amide bonds. The summed E-state index contributed by atoms with van der Waals surface area (Å²) in [6, 6.07) is 8.26. The van der Waals surface area contributed by atoms with Gasteiger partial charge in [0.05, 0.1) is 0 Å². The predicted octanol–water partition coefficient (Wildman–Crippen LogP) is 3.25. The van der Waals surface area contributed by atoms with Crippen LogP contribution in [0.2, 0.25) is 5.02 Å². The summed E-state index contributed by atoms with van der Waals surface area (Å²) in [4.78, 5) is 0. The van der Waals surface area contributed by atoms with Crippen molar-refractivity contribution >= 4 is 11.6 Å². The average Bonchev–Trinajstić information content (AvgIpc) is 2.15. The average molecular weight is 240 g/mol. The van der Waals surface area contributed by atoms with E-state index in [1.165, 1.54) is 19.3 Å². The van der Waals surface area contributed by atoms with E-state index in [1.54, 1.807) is 0 Å². The Kier molecular flexibility index (Phi) is 4.08. The van der Waals surface area contributed by atoms with Gasteiger partial charge in [0.25, 0.3) is 0 Å². The highest BCUT2D eigenvalue weighted by Crippen LogP contribution is 2.19. The molecule has 88 valence electrons. The van der Waals surface area contributed by atoms with Crippen LogP contribution in [-0.2, 0) is 0 Å². The summed E-state index contributed by atoms with van der Waals surface area (Å²) in [5.41, 5.74) is 0. The lowest BCUT2D eigenvalue weighted by Gasteiger charge is -2.28. The Hall–Kier alpha value is -0.730. The van der Waals surface area contributed by atoms with Gasteiger partial charge in [-0.15, -0.1) is 0 Å². The van der Waals surface area contributed by atoms with E-state index in [4.69, 9.17) is 16.3 Å². The molecule has 0 spiro atoms. The van der Waals surface area contributed by atoms with Crippen molar-refractivity contribution in [3.05, 3.63) is 29.3 Å². The molecular formula is C13H18ClNO. The molecule has 1 aromatic rings. The van der Waals surface area contributed by atoms with Crippen molar-refractivity contribution in [2.24, 2.45) is 0 Å². The summed E-state index contributed by atoms with van der Waals surface area (Å²) in [5, 5.41) is 4.21. The first-order valence-corrected chi connectivity index (χ1v) is 6.27. The summed E-state index contributed by atoms with van der Waals surface area (Å²) in [7, 11) is 0. The second-order valence-electron chi connectivity index (χ2n) is 4.42. The van der Waals surface area contributed by atoms with Gasteiger partial charge in [0.15, 0.2) is 0 Å². The van der Waals surface area contributed by atoms with E-state index in [1.807, 2.05) is 24.3 Å². The number of hydrogen-bond donors (Lipinski definition) is 1. The lowest BCUT2D eigenvalue weighted by molar-refractivity contribution is 0.199. The standard InChI is InChI=1S/C13H18ClNO/c1-10(9-15-12-5-3-6-12)16-13-7-2-4-11(14)8-13/h2,4,7-8,10,12,15H,3,5-6,9H2,1H3. The SMILES string of the molecule is CC(CNC1CCC1)Oc1cccc(Cl)c1. The van der Waals surface area contributed by atoms with Crippen molar-refractivity contribution in [1.29, 1.82) is 0 Å². The van der Waals surface area contributed by atoms with E-state index in [9.17, 15) is 0 Å². The zero-order valence-corrected chi connectivity index (χ0v) is 10.3. The van der Waals surface area contributed by atoms with Crippen LogP contribution in [0.5, 0.6) is 5.75 Å². The molecular weight excluding hydrogens is 222 g/mol. The Labute approximate surface area is 102 Å². The zero-order valence-electron chi connectivity index (χ0n) is 9.58. The zero-order chi connectivity index (χ0) is 11.4. The Morgan fingerprint density at radius 2 is 2.31 bits per heavy atom. The van der Waals surface area contributed by atoms with Crippen molar-refractivity contribution in [2.45, 2.75) is 38.3 Å². The van der Waals surface area contributed by atoms with Gasteiger partial charge in [-0.05, 0) is 38.0 Å². The van der Waals surface area contributed by atoms with E-state index < -0.39 is 0 Å². The maximum atomic E-state index is 5.89. The minimum atomic E-state index is 0.180. The summed E-state index contributed by atoms with van der Waals surface area (Å²) in [6.45, 7) is 2.98. The van der Waals surface area contributed by atoms with Crippen molar-refractivity contribution < 1.29 is 4.74 Å². The number of benzene rings is 1. The lowest BCUT2D eigenvalue weighted by Crippen LogP contribution is -2.40. The first kappa shape index (κ1) is 11.7. The minimum Gasteiger partial charge on any atom is -0.489 e. The van der Waals surface area contributed by atoms with Crippen LogP contribution >= 0.6 is 11.6 Å². The van der Waals surface area contributed by atoms with Gasteiger partial charge in [-0.1, -0.05) is 24.1 Å². The molecule has 1 saturated carbocycles. The van der Waals surface area contributed by atoms with Gasteiger partial charge in [-0.25, -0.2) is 0 Å². The fourth-order valence-electron chi connectivity index (χ4n) is 1.76. The molecule has 2 rings (SSSR count). The van der Waals surface area contributed by atoms with Gasteiger partial charge < -0.3 is 10.1 Å². The molecule has 3 heteroatoms. The molecule has 1 atom stereocenters. The molecule has 0 aliphatic heterocycles. The molecule has 0 radical (unpaired) electrons. The monoisotopic (exact) mass is 239 g/mol. The Bertz CT molecular complexity index is 338. The van der Waals surface area contributed by atoms with Crippen LogP contribution < -0.4 is 10.1 Å². The number of ether oxygens (including phenoxy) is 1. The molecule has 1 aliphatic carbocycles. The molecule has 1 fully saturated rings. The van der Waals surface area contributed by atoms with Gasteiger partial charge >= 0.3 is 0 Å². The normalized spacial score (nSPS) is 17.9. The van der Waals surface area contributed by atoms with Crippen LogP contribution in [0.1, 0.15) is 26.2 Å². The Morgan fingerprint density at radius 3 is 2.94 bits per heavy atom. The highest BCUT2D eigenvalue weighted by Gasteiger charge is 2.17. The van der Waals surface area contributed by atoms with Crippen LogP contribution in [0, 0.1) is 0 Å². The minimum absolute atomic E-state index is 0.180. The van der Waals surface area contributed by atoms with Crippen LogP contribution in [0.3, 0.4) is 0 Å². The molecule has 0 saturated heterocycles. The molecule has 1 N–H and O–H groups in total. The molecule has 2 nitrogen and oxygen atoms in total. The van der Waals surface area contributed by atoms with Gasteiger partial charge in [0.1, 0.15) is 11.9 Å².